The van der Waals surface area contributed by atoms with Crippen LogP contribution < -0.4 is 5.43 Å². The molecule has 0 heterocycles. The van der Waals surface area contributed by atoms with Crippen LogP contribution in [-0.2, 0) is 4.79 Å². The lowest BCUT2D eigenvalue weighted by molar-refractivity contribution is -0.129. The first kappa shape index (κ1) is 12.2. The summed E-state index contributed by atoms with van der Waals surface area (Å²) in [6, 6.07) is 8.70. The number of aliphatic hydroxyl groups is 1. The molecule has 0 saturated heterocycles. The molecule has 0 fully saturated rings. The van der Waals surface area contributed by atoms with Crippen LogP contribution in [0.25, 0.3) is 0 Å². The van der Waals surface area contributed by atoms with Crippen molar-refractivity contribution in [2.24, 2.45) is 5.10 Å². The minimum atomic E-state index is -1.19. The molecule has 0 aromatic heterocycles. The fraction of sp³-hybridized carbons (Fsp3) is 0.273. The van der Waals surface area contributed by atoms with E-state index in [4.69, 9.17) is 0 Å². The summed E-state index contributed by atoms with van der Waals surface area (Å²) in [6.07, 6.45) is 0.246. The zero-order chi connectivity index (χ0) is 12.0. The molecule has 5 heteroatoms. The molecule has 1 atom stereocenters. The number of hydrogen-bond donors (Lipinski definition) is 2. The standard InChI is InChI=1S/C11H15N3O2/c1-14(2)8-12-13-11(16)10(15)9-6-4-3-5-7-9/h3-8,10,15H,1-2H3,(H,13,16)/b12-8-/t10-/m1/s1. The van der Waals surface area contributed by atoms with Crippen LogP contribution in [0.3, 0.4) is 0 Å². The van der Waals surface area contributed by atoms with Crippen LogP contribution >= 0.6 is 0 Å². The Morgan fingerprint density at radius 3 is 2.62 bits per heavy atom. The summed E-state index contributed by atoms with van der Waals surface area (Å²) in [6.45, 7) is 0. The van der Waals surface area contributed by atoms with Crippen molar-refractivity contribution in [3.8, 4) is 0 Å². The van der Waals surface area contributed by atoms with Gasteiger partial charge in [0, 0.05) is 14.1 Å². The highest BCUT2D eigenvalue weighted by atomic mass is 16.3. The van der Waals surface area contributed by atoms with Crippen molar-refractivity contribution >= 4 is 12.2 Å². The Kier molecular flexibility index (Phi) is 4.47. The first-order valence-corrected chi connectivity index (χ1v) is 4.83. The third-order valence-electron chi connectivity index (χ3n) is 1.83. The Hall–Kier alpha value is -1.88. The maximum atomic E-state index is 11.4. The average Bonchev–Trinajstić information content (AvgIpc) is 2.28. The van der Waals surface area contributed by atoms with Crippen molar-refractivity contribution in [2.45, 2.75) is 6.10 Å². The molecule has 0 spiro atoms. The van der Waals surface area contributed by atoms with Gasteiger partial charge in [0.05, 0.1) is 0 Å². The minimum absolute atomic E-state index is 0.542. The summed E-state index contributed by atoms with van der Waals surface area (Å²) in [4.78, 5) is 13.1. The van der Waals surface area contributed by atoms with Gasteiger partial charge in [-0.3, -0.25) is 4.79 Å². The molecule has 2 N–H and O–H groups in total. The van der Waals surface area contributed by atoms with Gasteiger partial charge in [-0.1, -0.05) is 30.3 Å². The number of hydrogen-bond acceptors (Lipinski definition) is 3. The molecule has 1 aromatic rings. The Morgan fingerprint density at radius 2 is 2.06 bits per heavy atom. The van der Waals surface area contributed by atoms with E-state index in [0.29, 0.717) is 5.56 Å². The van der Waals surface area contributed by atoms with Crippen molar-refractivity contribution in [2.75, 3.05) is 14.1 Å². The Bertz CT molecular complexity index is 363. The van der Waals surface area contributed by atoms with Gasteiger partial charge in [-0.15, -0.1) is 0 Å². The normalized spacial score (nSPS) is 12.4. The van der Waals surface area contributed by atoms with Crippen LogP contribution in [0.5, 0.6) is 0 Å². The first-order valence-electron chi connectivity index (χ1n) is 4.83. The van der Waals surface area contributed by atoms with Crippen molar-refractivity contribution in [3.05, 3.63) is 35.9 Å². The van der Waals surface area contributed by atoms with E-state index in [1.165, 1.54) is 6.34 Å². The second kappa shape index (κ2) is 5.87. The predicted molar refractivity (Wildman–Crippen MR) is 61.7 cm³/mol. The maximum Gasteiger partial charge on any atom is 0.273 e. The summed E-state index contributed by atoms with van der Waals surface area (Å²) < 4.78 is 0. The molecule has 1 amide bonds. The number of carbonyl (C=O) groups is 1. The molecule has 86 valence electrons. The molecule has 0 saturated carbocycles. The van der Waals surface area contributed by atoms with E-state index >= 15 is 0 Å². The lowest BCUT2D eigenvalue weighted by Gasteiger charge is -2.09. The molecule has 0 unspecified atom stereocenters. The predicted octanol–water partition coefficient (Wildman–Crippen LogP) is 0.341. The fourth-order valence-corrected chi connectivity index (χ4v) is 1.06. The topological polar surface area (TPSA) is 64.9 Å². The van der Waals surface area contributed by atoms with Crippen LogP contribution in [0, 0.1) is 0 Å². The number of nitrogens with zero attached hydrogens (tertiary/aromatic N) is 2. The van der Waals surface area contributed by atoms with E-state index in [0.717, 1.165) is 0 Å². The lowest BCUT2D eigenvalue weighted by atomic mass is 10.1. The average molecular weight is 221 g/mol. The summed E-state index contributed by atoms with van der Waals surface area (Å²) in [5.41, 5.74) is 2.79. The maximum absolute atomic E-state index is 11.4. The van der Waals surface area contributed by atoms with E-state index in [-0.39, 0.29) is 0 Å². The number of amides is 1. The van der Waals surface area contributed by atoms with Crippen LogP contribution in [0.2, 0.25) is 0 Å². The quantitative estimate of drug-likeness (QED) is 0.438. The zero-order valence-electron chi connectivity index (χ0n) is 9.29. The molecular formula is C11H15N3O2. The van der Waals surface area contributed by atoms with E-state index in [2.05, 4.69) is 10.5 Å². The first-order chi connectivity index (χ1) is 7.61. The molecule has 1 aromatic carbocycles. The number of nitrogens with one attached hydrogen (secondary N) is 1. The minimum Gasteiger partial charge on any atom is -0.378 e. The SMILES string of the molecule is CN(C)/C=N\NC(=O)[C@H](O)c1ccccc1. The van der Waals surface area contributed by atoms with E-state index in [1.54, 1.807) is 43.3 Å². The smallest absolute Gasteiger partial charge is 0.273 e. The van der Waals surface area contributed by atoms with Gasteiger partial charge in [-0.2, -0.15) is 5.10 Å². The Labute approximate surface area is 94.4 Å². The molecule has 16 heavy (non-hydrogen) atoms. The summed E-state index contributed by atoms with van der Waals surface area (Å²) >= 11 is 0. The lowest BCUT2D eigenvalue weighted by Crippen LogP contribution is -2.26. The molecule has 5 nitrogen and oxygen atoms in total. The highest BCUT2D eigenvalue weighted by molar-refractivity contribution is 5.82. The Morgan fingerprint density at radius 1 is 1.44 bits per heavy atom. The van der Waals surface area contributed by atoms with Crippen LogP contribution in [-0.4, -0.2) is 36.3 Å². The molecular weight excluding hydrogens is 206 g/mol. The van der Waals surface area contributed by atoms with Gasteiger partial charge >= 0.3 is 0 Å². The third-order valence-corrected chi connectivity index (χ3v) is 1.83. The number of hydrazone groups is 1. The van der Waals surface area contributed by atoms with Crippen molar-refractivity contribution < 1.29 is 9.90 Å². The molecule has 0 aliphatic heterocycles. The van der Waals surface area contributed by atoms with Gasteiger partial charge < -0.3 is 10.0 Å². The van der Waals surface area contributed by atoms with Gasteiger partial charge in [-0.05, 0) is 5.56 Å². The van der Waals surface area contributed by atoms with Crippen LogP contribution in [0.1, 0.15) is 11.7 Å². The molecule has 1 rings (SSSR count). The van der Waals surface area contributed by atoms with Crippen LogP contribution in [0.15, 0.2) is 35.4 Å². The van der Waals surface area contributed by atoms with Crippen molar-refractivity contribution in [3.63, 3.8) is 0 Å². The summed E-state index contributed by atoms with van der Waals surface area (Å²) in [5, 5.41) is 13.3. The van der Waals surface area contributed by atoms with Crippen molar-refractivity contribution in [1.82, 2.24) is 10.3 Å². The second-order valence-corrected chi connectivity index (χ2v) is 3.50. The molecule has 0 aliphatic rings. The largest absolute Gasteiger partial charge is 0.378 e. The fourth-order valence-electron chi connectivity index (χ4n) is 1.06. The van der Waals surface area contributed by atoms with Crippen LogP contribution in [0.4, 0.5) is 0 Å². The summed E-state index contributed by atoms with van der Waals surface area (Å²) in [7, 11) is 3.56. The Balaban J connectivity index is 2.55. The number of rotatable bonds is 4. The van der Waals surface area contributed by atoms with E-state index in [1.807, 2.05) is 6.07 Å². The monoisotopic (exact) mass is 221 g/mol. The van der Waals surface area contributed by atoms with Gasteiger partial charge in [0.2, 0.25) is 0 Å². The number of aliphatic hydroxyl groups excluding tert-OH is 1. The highest BCUT2D eigenvalue weighted by Crippen LogP contribution is 2.11. The van der Waals surface area contributed by atoms with Gasteiger partial charge in [0.25, 0.3) is 5.91 Å². The molecule has 0 bridgehead atoms. The molecule has 0 radical (unpaired) electrons. The van der Waals surface area contributed by atoms with Gasteiger partial charge in [0.15, 0.2) is 6.10 Å². The van der Waals surface area contributed by atoms with Gasteiger partial charge in [-0.25, -0.2) is 5.43 Å². The number of benzene rings is 1. The second-order valence-electron chi connectivity index (χ2n) is 3.50. The van der Waals surface area contributed by atoms with E-state index < -0.39 is 12.0 Å². The summed E-state index contributed by atoms with van der Waals surface area (Å²) in [5.74, 6) is -0.552. The molecule has 0 aliphatic carbocycles. The number of carbonyl (C=O) groups excluding carboxylic acids is 1. The highest BCUT2D eigenvalue weighted by Gasteiger charge is 2.15. The zero-order valence-corrected chi connectivity index (χ0v) is 9.29. The van der Waals surface area contributed by atoms with Crippen molar-refractivity contribution in [1.29, 1.82) is 0 Å². The third kappa shape index (κ3) is 3.70. The van der Waals surface area contributed by atoms with Gasteiger partial charge in [0.1, 0.15) is 6.34 Å². The van der Waals surface area contributed by atoms with E-state index in [9.17, 15) is 9.90 Å².